The van der Waals surface area contributed by atoms with E-state index in [1.54, 1.807) is 31.2 Å². The van der Waals surface area contributed by atoms with Gasteiger partial charge in [0.1, 0.15) is 10.7 Å². The second-order valence-electron chi connectivity index (χ2n) is 3.81. The van der Waals surface area contributed by atoms with Crippen molar-refractivity contribution in [1.29, 1.82) is 0 Å². The normalized spacial score (nSPS) is 11.4. The minimum Gasteiger partial charge on any atom is -0.383 e. The molecule has 0 amide bonds. The van der Waals surface area contributed by atoms with Crippen molar-refractivity contribution in [1.82, 2.24) is 4.98 Å². The highest BCUT2D eigenvalue weighted by atomic mass is 127. The molecule has 1 aromatic carbocycles. The van der Waals surface area contributed by atoms with Crippen LogP contribution in [0, 0.1) is 10.5 Å². The monoisotopic (exact) mass is 374 g/mol. The van der Waals surface area contributed by atoms with Crippen LogP contribution in [0.5, 0.6) is 0 Å². The van der Waals surface area contributed by atoms with Crippen LogP contribution >= 0.6 is 22.6 Å². The Morgan fingerprint density at radius 1 is 1.22 bits per heavy atom. The highest BCUT2D eigenvalue weighted by Gasteiger charge is 2.23. The zero-order chi connectivity index (χ0) is 13.3. The summed E-state index contributed by atoms with van der Waals surface area (Å²) in [5, 5.41) is 0. The molecule has 2 aromatic rings. The van der Waals surface area contributed by atoms with Gasteiger partial charge in [-0.2, -0.15) is 0 Å². The fourth-order valence-corrected chi connectivity index (χ4v) is 3.88. The summed E-state index contributed by atoms with van der Waals surface area (Å²) in [5.41, 5.74) is 6.36. The Morgan fingerprint density at radius 2 is 1.89 bits per heavy atom. The van der Waals surface area contributed by atoms with Crippen LogP contribution in [0.25, 0.3) is 0 Å². The zero-order valence-corrected chi connectivity index (χ0v) is 12.6. The van der Waals surface area contributed by atoms with Crippen molar-refractivity contribution in [2.45, 2.75) is 16.7 Å². The molecule has 2 rings (SSSR count). The summed E-state index contributed by atoms with van der Waals surface area (Å²) in [6, 6.07) is 8.35. The van der Waals surface area contributed by atoms with Crippen LogP contribution in [0.3, 0.4) is 0 Å². The van der Waals surface area contributed by atoms with Gasteiger partial charge in [0, 0.05) is 9.77 Å². The maximum atomic E-state index is 12.5. The van der Waals surface area contributed by atoms with E-state index in [0.717, 1.165) is 3.57 Å². The van der Waals surface area contributed by atoms with Gasteiger partial charge in [-0.1, -0.05) is 18.2 Å². The van der Waals surface area contributed by atoms with Gasteiger partial charge in [0.25, 0.3) is 0 Å². The molecule has 4 nitrogen and oxygen atoms in total. The van der Waals surface area contributed by atoms with Crippen LogP contribution in [0.4, 0.5) is 5.82 Å². The van der Waals surface area contributed by atoms with Gasteiger partial charge in [-0.3, -0.25) is 0 Å². The van der Waals surface area contributed by atoms with E-state index in [2.05, 4.69) is 4.98 Å². The van der Waals surface area contributed by atoms with Crippen molar-refractivity contribution in [3.8, 4) is 0 Å². The van der Waals surface area contributed by atoms with Gasteiger partial charge in [-0.05, 0) is 47.2 Å². The first-order valence-electron chi connectivity index (χ1n) is 5.14. The second-order valence-corrected chi connectivity index (χ2v) is 6.94. The van der Waals surface area contributed by atoms with Crippen molar-refractivity contribution in [2.24, 2.45) is 0 Å². The number of hydrogen-bond donors (Lipinski definition) is 1. The summed E-state index contributed by atoms with van der Waals surface area (Å²) in [6.45, 7) is 1.75. The molecule has 0 radical (unpaired) electrons. The molecule has 1 aromatic heterocycles. The third-order valence-corrected chi connectivity index (χ3v) is 5.05. The van der Waals surface area contributed by atoms with Crippen LogP contribution in [-0.2, 0) is 9.84 Å². The van der Waals surface area contributed by atoms with E-state index < -0.39 is 9.84 Å². The van der Waals surface area contributed by atoms with E-state index in [-0.39, 0.29) is 15.6 Å². The molecular weight excluding hydrogens is 363 g/mol. The first kappa shape index (κ1) is 13.3. The van der Waals surface area contributed by atoms with Crippen molar-refractivity contribution in [2.75, 3.05) is 5.73 Å². The molecule has 94 valence electrons. The zero-order valence-electron chi connectivity index (χ0n) is 9.59. The maximum Gasteiger partial charge on any atom is 0.210 e. The molecule has 0 saturated carbocycles. The number of halogens is 1. The highest BCUT2D eigenvalue weighted by Crippen LogP contribution is 2.27. The van der Waals surface area contributed by atoms with E-state index in [4.69, 9.17) is 5.73 Å². The molecule has 0 atom stereocenters. The lowest BCUT2D eigenvalue weighted by Crippen LogP contribution is -2.08. The second kappa shape index (κ2) is 4.85. The standard InChI is InChI=1S/C12H11IN2O2S/c1-8-4-2-3-5-10(8)18(16,17)11-6-9(13)7-15-12(11)14/h2-7H,1H3,(H2,14,15). The number of nitrogen functional groups attached to an aromatic ring is 1. The van der Waals surface area contributed by atoms with Gasteiger partial charge in [0.05, 0.1) is 4.90 Å². The molecular formula is C12H11IN2O2S. The average molecular weight is 374 g/mol. The van der Waals surface area contributed by atoms with E-state index in [0.29, 0.717) is 5.56 Å². The number of aryl methyl sites for hydroxylation is 1. The molecule has 0 unspecified atom stereocenters. The SMILES string of the molecule is Cc1ccccc1S(=O)(=O)c1cc(I)cnc1N. The van der Waals surface area contributed by atoms with E-state index in [9.17, 15) is 8.42 Å². The minimum atomic E-state index is -3.62. The van der Waals surface area contributed by atoms with Crippen molar-refractivity contribution < 1.29 is 8.42 Å². The molecule has 0 spiro atoms. The number of rotatable bonds is 2. The lowest BCUT2D eigenvalue weighted by molar-refractivity contribution is 0.595. The predicted octanol–water partition coefficient (Wildman–Crippen LogP) is 2.41. The number of anilines is 1. The Labute approximate surface area is 119 Å². The topological polar surface area (TPSA) is 73.0 Å². The van der Waals surface area contributed by atoms with Gasteiger partial charge < -0.3 is 5.73 Å². The summed E-state index contributed by atoms with van der Waals surface area (Å²) in [5.74, 6) is 0.0265. The molecule has 0 aliphatic rings. The van der Waals surface area contributed by atoms with E-state index >= 15 is 0 Å². The number of nitrogens with zero attached hydrogens (tertiary/aromatic N) is 1. The summed E-state index contributed by atoms with van der Waals surface area (Å²) in [6.07, 6.45) is 1.53. The van der Waals surface area contributed by atoms with E-state index in [1.807, 2.05) is 22.6 Å². The Bertz CT molecular complexity index is 699. The van der Waals surface area contributed by atoms with Crippen molar-refractivity contribution >= 4 is 38.2 Å². The Hall–Kier alpha value is -1.15. The quantitative estimate of drug-likeness (QED) is 0.820. The molecule has 0 aliphatic heterocycles. The number of benzene rings is 1. The Balaban J connectivity index is 2.70. The summed E-state index contributed by atoms with van der Waals surface area (Å²) < 4.78 is 25.7. The molecule has 0 saturated heterocycles. The van der Waals surface area contributed by atoms with Crippen LogP contribution in [0.2, 0.25) is 0 Å². The number of pyridine rings is 1. The molecule has 0 fully saturated rings. The van der Waals surface area contributed by atoms with Gasteiger partial charge >= 0.3 is 0 Å². The molecule has 2 N–H and O–H groups in total. The number of hydrogen-bond acceptors (Lipinski definition) is 4. The Kier molecular flexibility index (Phi) is 3.58. The number of aromatic nitrogens is 1. The van der Waals surface area contributed by atoms with E-state index in [1.165, 1.54) is 12.3 Å². The first-order valence-corrected chi connectivity index (χ1v) is 7.71. The van der Waals surface area contributed by atoms with Gasteiger partial charge in [-0.15, -0.1) is 0 Å². The third kappa shape index (κ3) is 2.35. The largest absolute Gasteiger partial charge is 0.383 e. The van der Waals surface area contributed by atoms with Gasteiger partial charge in [0.15, 0.2) is 0 Å². The van der Waals surface area contributed by atoms with Crippen molar-refractivity contribution in [3.63, 3.8) is 0 Å². The number of nitrogens with two attached hydrogens (primary N) is 1. The summed E-state index contributed by atoms with van der Waals surface area (Å²) in [4.78, 5) is 4.21. The molecule has 0 aliphatic carbocycles. The third-order valence-electron chi connectivity index (χ3n) is 2.52. The molecule has 1 heterocycles. The van der Waals surface area contributed by atoms with Crippen LogP contribution < -0.4 is 5.73 Å². The fraction of sp³-hybridized carbons (Fsp3) is 0.0833. The van der Waals surface area contributed by atoms with Crippen LogP contribution in [0.1, 0.15) is 5.56 Å². The average Bonchev–Trinajstić information content (AvgIpc) is 2.32. The summed E-state index contributed by atoms with van der Waals surface area (Å²) >= 11 is 2.01. The fourth-order valence-electron chi connectivity index (χ4n) is 1.62. The number of sulfone groups is 1. The molecule has 6 heteroatoms. The minimum absolute atomic E-state index is 0.0265. The van der Waals surface area contributed by atoms with Crippen molar-refractivity contribution in [3.05, 3.63) is 45.7 Å². The van der Waals surface area contributed by atoms with Crippen LogP contribution in [0.15, 0.2) is 46.3 Å². The highest BCUT2D eigenvalue weighted by molar-refractivity contribution is 14.1. The lowest BCUT2D eigenvalue weighted by atomic mass is 10.2. The maximum absolute atomic E-state index is 12.5. The van der Waals surface area contributed by atoms with Gasteiger partial charge in [-0.25, -0.2) is 13.4 Å². The molecule has 18 heavy (non-hydrogen) atoms. The van der Waals surface area contributed by atoms with Gasteiger partial charge in [0.2, 0.25) is 9.84 Å². The Morgan fingerprint density at radius 3 is 2.56 bits per heavy atom. The predicted molar refractivity (Wildman–Crippen MR) is 78.0 cm³/mol. The van der Waals surface area contributed by atoms with Crippen LogP contribution in [-0.4, -0.2) is 13.4 Å². The smallest absolute Gasteiger partial charge is 0.210 e. The lowest BCUT2D eigenvalue weighted by Gasteiger charge is -2.09. The molecule has 0 bridgehead atoms. The summed E-state index contributed by atoms with van der Waals surface area (Å²) in [7, 11) is -3.62. The first-order chi connectivity index (χ1) is 8.43.